The van der Waals surface area contributed by atoms with Crippen LogP contribution in [0.4, 0.5) is 5.82 Å². The summed E-state index contributed by atoms with van der Waals surface area (Å²) in [5, 5.41) is 5.84. The van der Waals surface area contributed by atoms with E-state index in [1.165, 1.54) is 10.1 Å². The van der Waals surface area contributed by atoms with E-state index in [4.69, 9.17) is 23.1 Å². The third-order valence-electron chi connectivity index (χ3n) is 5.40. The van der Waals surface area contributed by atoms with Crippen LogP contribution in [0.15, 0.2) is 71.8 Å². The number of carbonyl (C=O) groups is 1. The number of amides is 1. The topological polar surface area (TPSA) is 121 Å². The molecule has 5 aromatic rings. The van der Waals surface area contributed by atoms with Crippen molar-refractivity contribution >= 4 is 39.7 Å². The molecule has 9 heteroatoms. The van der Waals surface area contributed by atoms with Gasteiger partial charge in [0.15, 0.2) is 11.5 Å². The van der Waals surface area contributed by atoms with E-state index in [1.54, 1.807) is 29.1 Å². The average Bonchev–Trinajstić information content (AvgIpc) is 3.16. The van der Waals surface area contributed by atoms with Gasteiger partial charge >= 0.3 is 0 Å². The Morgan fingerprint density at radius 3 is 2.53 bits per heavy atom. The quantitative estimate of drug-likeness (QED) is 0.410. The van der Waals surface area contributed by atoms with Gasteiger partial charge in [-0.25, -0.2) is 9.50 Å². The van der Waals surface area contributed by atoms with Gasteiger partial charge in [0.2, 0.25) is 0 Å². The van der Waals surface area contributed by atoms with Crippen molar-refractivity contribution in [3.05, 3.63) is 99.2 Å². The minimum Gasteiger partial charge on any atom is -0.381 e. The number of benzene rings is 2. The van der Waals surface area contributed by atoms with Gasteiger partial charge in [-0.15, -0.1) is 5.10 Å². The Balaban J connectivity index is 0.000000180. The number of hydrogen-bond donors (Lipinski definition) is 2. The van der Waals surface area contributed by atoms with Gasteiger partial charge in [-0.05, 0) is 49.1 Å². The molecule has 0 aliphatic heterocycles. The van der Waals surface area contributed by atoms with Crippen LogP contribution < -0.4 is 17.0 Å². The predicted octanol–water partition coefficient (Wildman–Crippen LogP) is 3.93. The zero-order chi connectivity index (χ0) is 24.4. The second-order valence-corrected chi connectivity index (χ2v) is 8.09. The van der Waals surface area contributed by atoms with Crippen molar-refractivity contribution in [1.82, 2.24) is 19.2 Å². The van der Waals surface area contributed by atoms with Crippen molar-refractivity contribution in [3.8, 4) is 5.69 Å². The molecule has 0 saturated heterocycles. The number of pyridine rings is 1. The van der Waals surface area contributed by atoms with Crippen molar-refractivity contribution in [3.63, 3.8) is 0 Å². The number of hydrogen-bond acceptors (Lipinski definition) is 5. The minimum atomic E-state index is -0.619. The fourth-order valence-electron chi connectivity index (χ4n) is 3.75. The number of rotatable bonds is 3. The van der Waals surface area contributed by atoms with Crippen molar-refractivity contribution in [2.24, 2.45) is 5.73 Å². The number of nitrogens with two attached hydrogens (primary N) is 2. The lowest BCUT2D eigenvalue weighted by molar-refractivity contribution is 0.100. The van der Waals surface area contributed by atoms with Gasteiger partial charge in [0.25, 0.3) is 11.5 Å². The molecule has 0 fully saturated rings. The third-order valence-corrected chi connectivity index (χ3v) is 5.71. The highest BCUT2D eigenvalue weighted by molar-refractivity contribution is 6.35. The number of carbonyl (C=O) groups excluding carboxylic acids is 1. The van der Waals surface area contributed by atoms with Crippen molar-refractivity contribution in [2.75, 3.05) is 5.73 Å². The maximum atomic E-state index is 12.9. The smallest absolute Gasteiger partial charge is 0.264 e. The first-order chi connectivity index (χ1) is 16.3. The molecule has 0 atom stereocenters. The molecular weight excluding hydrogens is 452 g/mol. The Morgan fingerprint density at radius 1 is 1.12 bits per heavy atom. The maximum Gasteiger partial charge on any atom is 0.264 e. The fourth-order valence-corrected chi connectivity index (χ4v) is 4.01. The molecule has 0 bridgehead atoms. The molecule has 8 nitrogen and oxygen atoms in total. The van der Waals surface area contributed by atoms with E-state index < -0.39 is 5.91 Å². The summed E-state index contributed by atoms with van der Waals surface area (Å²) in [7, 11) is 0. The van der Waals surface area contributed by atoms with Crippen LogP contribution in [0.1, 0.15) is 28.5 Å². The number of anilines is 1. The largest absolute Gasteiger partial charge is 0.381 e. The molecule has 0 unspecified atom stereocenters. The summed E-state index contributed by atoms with van der Waals surface area (Å²) in [6, 6.07) is 17.3. The van der Waals surface area contributed by atoms with Crippen LogP contribution in [0.25, 0.3) is 22.1 Å². The lowest BCUT2D eigenvalue weighted by Crippen LogP contribution is -2.22. The van der Waals surface area contributed by atoms with E-state index in [2.05, 4.69) is 17.0 Å². The molecule has 0 radical (unpaired) electrons. The molecule has 3 heterocycles. The van der Waals surface area contributed by atoms with Crippen LogP contribution in [-0.4, -0.2) is 25.1 Å². The van der Waals surface area contributed by atoms with Gasteiger partial charge in [0.05, 0.1) is 10.4 Å². The number of aryl methyl sites for hydroxylation is 2. The predicted molar refractivity (Wildman–Crippen MR) is 135 cm³/mol. The number of nitrogens with zero attached hydrogens (tertiary/aromatic N) is 4. The van der Waals surface area contributed by atoms with E-state index in [-0.39, 0.29) is 16.9 Å². The standard InChI is InChI=1S/C18H16ClNO.C7H7N5O/c1-3-14-11-13-5-4-6-16(19)17(13)18(21)20(14)15-9-7-12(2)8-10-15;8-5-4(6(9)13)7-10-2-1-3-12(7)11-5/h4-11H,3H2,1-2H3;1-3H,(H2,8,11)(H2,9,13). The SMILES string of the molecule is CCc1cc2cccc(Cl)c2c(=O)n1-c1ccc(C)cc1.NC(=O)c1c(N)nn2cccnc12. The summed E-state index contributed by atoms with van der Waals surface area (Å²) in [5.74, 6) is -0.516. The average molecular weight is 475 g/mol. The van der Waals surface area contributed by atoms with Gasteiger partial charge in [-0.2, -0.15) is 0 Å². The summed E-state index contributed by atoms with van der Waals surface area (Å²) in [6.45, 7) is 4.08. The van der Waals surface area contributed by atoms with Crippen molar-refractivity contribution in [1.29, 1.82) is 0 Å². The van der Waals surface area contributed by atoms with Gasteiger partial charge in [-0.3, -0.25) is 14.2 Å². The van der Waals surface area contributed by atoms with Gasteiger partial charge in [0.1, 0.15) is 5.56 Å². The lowest BCUT2D eigenvalue weighted by Gasteiger charge is -2.14. The second kappa shape index (κ2) is 9.36. The molecule has 4 N–H and O–H groups in total. The Hall–Kier alpha value is -4.17. The van der Waals surface area contributed by atoms with Crippen LogP contribution >= 0.6 is 11.6 Å². The molecular formula is C25H23ClN6O2. The first-order valence-corrected chi connectivity index (χ1v) is 11.0. The first kappa shape index (κ1) is 23.0. The van der Waals surface area contributed by atoms with E-state index >= 15 is 0 Å². The second-order valence-electron chi connectivity index (χ2n) is 7.68. The highest BCUT2D eigenvalue weighted by atomic mass is 35.5. The molecule has 1 amide bonds. The Labute approximate surface area is 200 Å². The minimum absolute atomic E-state index is 0.0567. The molecule has 0 aliphatic carbocycles. The van der Waals surface area contributed by atoms with Crippen LogP contribution in [0.3, 0.4) is 0 Å². The van der Waals surface area contributed by atoms with Gasteiger partial charge in [-0.1, -0.05) is 48.4 Å². The summed E-state index contributed by atoms with van der Waals surface area (Å²) in [4.78, 5) is 27.8. The van der Waals surface area contributed by atoms with E-state index in [1.807, 2.05) is 49.4 Å². The van der Waals surface area contributed by atoms with Gasteiger partial charge < -0.3 is 11.5 Å². The monoisotopic (exact) mass is 474 g/mol. The van der Waals surface area contributed by atoms with Crippen molar-refractivity contribution < 1.29 is 4.79 Å². The lowest BCUT2D eigenvalue weighted by atomic mass is 10.1. The van der Waals surface area contributed by atoms with Crippen LogP contribution in [0, 0.1) is 6.92 Å². The van der Waals surface area contributed by atoms with Crippen LogP contribution in [-0.2, 0) is 6.42 Å². The Bertz CT molecular complexity index is 1570. The molecule has 172 valence electrons. The molecule has 34 heavy (non-hydrogen) atoms. The molecule has 0 aliphatic rings. The van der Waals surface area contributed by atoms with E-state index in [0.29, 0.717) is 16.1 Å². The molecule has 3 aromatic heterocycles. The van der Waals surface area contributed by atoms with Gasteiger partial charge in [0, 0.05) is 23.8 Å². The summed E-state index contributed by atoms with van der Waals surface area (Å²) in [6.07, 6.45) is 3.97. The number of aromatic nitrogens is 4. The van der Waals surface area contributed by atoms with E-state index in [0.717, 1.165) is 23.2 Å². The number of nitrogen functional groups attached to an aromatic ring is 1. The highest BCUT2D eigenvalue weighted by Gasteiger charge is 2.15. The Kier molecular flexibility index (Phi) is 6.34. The number of primary amides is 1. The first-order valence-electron chi connectivity index (χ1n) is 10.6. The Morgan fingerprint density at radius 2 is 1.85 bits per heavy atom. The summed E-state index contributed by atoms with van der Waals surface area (Å²) in [5.41, 5.74) is 14.1. The molecule has 2 aromatic carbocycles. The fraction of sp³-hybridized carbons (Fsp3) is 0.120. The van der Waals surface area contributed by atoms with E-state index in [9.17, 15) is 9.59 Å². The van der Waals surface area contributed by atoms with Crippen molar-refractivity contribution in [2.45, 2.75) is 20.3 Å². The number of fused-ring (bicyclic) bond motifs is 2. The molecule has 0 saturated carbocycles. The molecule has 0 spiro atoms. The highest BCUT2D eigenvalue weighted by Crippen LogP contribution is 2.23. The maximum absolute atomic E-state index is 12.9. The zero-order valence-electron chi connectivity index (χ0n) is 18.7. The van der Waals surface area contributed by atoms with Crippen LogP contribution in [0.2, 0.25) is 5.02 Å². The summed E-state index contributed by atoms with van der Waals surface area (Å²) >= 11 is 6.23. The zero-order valence-corrected chi connectivity index (χ0v) is 19.5. The third kappa shape index (κ3) is 4.23. The van der Waals surface area contributed by atoms with Crippen LogP contribution in [0.5, 0.6) is 0 Å². The summed E-state index contributed by atoms with van der Waals surface area (Å²) < 4.78 is 3.17. The number of halogens is 1. The normalized spacial score (nSPS) is 10.8. The molecule has 5 rings (SSSR count).